The molecule has 0 aromatic heterocycles. The smallest absolute Gasteiger partial charge is 0.335 e. The van der Waals surface area contributed by atoms with Crippen molar-refractivity contribution in [2.75, 3.05) is 31.8 Å². The van der Waals surface area contributed by atoms with Gasteiger partial charge in [0.25, 0.3) is 11.8 Å². The zero-order valence-electron chi connectivity index (χ0n) is 12.8. The molecule has 1 aliphatic rings. The molecule has 0 radical (unpaired) electrons. The summed E-state index contributed by atoms with van der Waals surface area (Å²) in [6.07, 6.45) is 1.22. The molecule has 1 saturated heterocycles. The molecule has 0 aliphatic carbocycles. The highest BCUT2D eigenvalue weighted by Gasteiger charge is 2.32. The van der Waals surface area contributed by atoms with Crippen LogP contribution in [0.5, 0.6) is 0 Å². The van der Waals surface area contributed by atoms with Crippen LogP contribution in [0.2, 0.25) is 0 Å². The quantitative estimate of drug-likeness (QED) is 0.274. The lowest BCUT2D eigenvalue weighted by atomic mass is 10.2. The molecule has 1 heterocycles. The minimum atomic E-state index is -0.692. The Morgan fingerprint density at radius 1 is 0.957 bits per heavy atom. The molecule has 1 rings (SSSR count). The normalized spacial score (nSPS) is 14.4. The van der Waals surface area contributed by atoms with Crippen molar-refractivity contribution < 1.29 is 33.5 Å². The summed E-state index contributed by atoms with van der Waals surface area (Å²) in [6, 6.07) is 0. The fourth-order valence-electron chi connectivity index (χ4n) is 1.72. The molecule has 1 aliphatic heterocycles. The zero-order valence-corrected chi connectivity index (χ0v) is 14.3. The van der Waals surface area contributed by atoms with Gasteiger partial charge in [-0.05, 0) is 6.42 Å². The number of hydrogen-bond acceptors (Lipinski definition) is 7. The topological polar surface area (TPSA) is 99.2 Å². The van der Waals surface area contributed by atoms with Gasteiger partial charge in [-0.3, -0.25) is 14.4 Å². The van der Waals surface area contributed by atoms with Crippen LogP contribution in [0.1, 0.15) is 32.1 Å². The van der Waals surface area contributed by atoms with Gasteiger partial charge in [0.05, 0.1) is 31.6 Å². The third-order valence-corrected chi connectivity index (χ3v) is 3.54. The maximum atomic E-state index is 11.4. The summed E-state index contributed by atoms with van der Waals surface area (Å²) in [5, 5.41) is 0.876. The van der Waals surface area contributed by atoms with Crippen LogP contribution in [-0.2, 0) is 33.5 Å². The van der Waals surface area contributed by atoms with Crippen molar-refractivity contribution in [1.82, 2.24) is 5.06 Å². The molecular formula is C14H20BrNO7. The first-order valence-corrected chi connectivity index (χ1v) is 8.46. The van der Waals surface area contributed by atoms with E-state index in [4.69, 9.17) is 9.47 Å². The van der Waals surface area contributed by atoms with E-state index < -0.39 is 17.8 Å². The molecular weight excluding hydrogens is 374 g/mol. The van der Waals surface area contributed by atoms with E-state index in [1.165, 1.54) is 0 Å². The van der Waals surface area contributed by atoms with Gasteiger partial charge in [0.15, 0.2) is 0 Å². The molecule has 0 saturated carbocycles. The van der Waals surface area contributed by atoms with Gasteiger partial charge in [-0.15, -0.1) is 5.06 Å². The Hall–Kier alpha value is -1.32. The number of hydroxylamine groups is 2. The zero-order chi connectivity index (χ0) is 17.1. The molecule has 1 fully saturated rings. The molecule has 0 aromatic carbocycles. The molecule has 0 N–H and O–H groups in total. The average molecular weight is 394 g/mol. The SMILES string of the molecule is O=C(CBr)CCCOCCOCCC(=O)ON1C(=O)CCC1=O. The maximum Gasteiger partial charge on any atom is 0.335 e. The van der Waals surface area contributed by atoms with Crippen LogP contribution >= 0.6 is 15.9 Å². The number of nitrogens with zero attached hydrogens (tertiary/aromatic N) is 1. The Balaban J connectivity index is 1.94. The van der Waals surface area contributed by atoms with Crippen molar-refractivity contribution in [1.29, 1.82) is 0 Å². The summed E-state index contributed by atoms with van der Waals surface area (Å²) in [4.78, 5) is 49.6. The number of alkyl halides is 1. The van der Waals surface area contributed by atoms with Gasteiger partial charge in [0.2, 0.25) is 0 Å². The molecule has 2 amide bonds. The fraction of sp³-hybridized carbons (Fsp3) is 0.714. The molecule has 130 valence electrons. The Morgan fingerprint density at radius 2 is 1.57 bits per heavy atom. The number of ketones is 1. The lowest BCUT2D eigenvalue weighted by molar-refractivity contribution is -0.198. The van der Waals surface area contributed by atoms with E-state index in [9.17, 15) is 19.2 Å². The van der Waals surface area contributed by atoms with Crippen molar-refractivity contribution in [3.8, 4) is 0 Å². The number of halogens is 1. The standard InChI is InChI=1S/C14H20BrNO7/c15-10-11(17)2-1-6-21-8-9-22-7-5-14(20)23-16-12(18)3-4-13(16)19/h1-10H2. The van der Waals surface area contributed by atoms with Gasteiger partial charge in [0, 0.05) is 25.9 Å². The first-order valence-electron chi connectivity index (χ1n) is 7.34. The summed E-state index contributed by atoms with van der Waals surface area (Å²) in [5.74, 6) is -1.56. The third kappa shape index (κ3) is 8.19. The monoisotopic (exact) mass is 393 g/mol. The molecule has 0 spiro atoms. The second-order valence-corrected chi connectivity index (χ2v) is 5.36. The number of Topliss-reactive ketones (excluding diaryl/α,β-unsaturated/α-hetero) is 1. The van der Waals surface area contributed by atoms with Crippen molar-refractivity contribution in [2.24, 2.45) is 0 Å². The fourth-order valence-corrected chi connectivity index (χ4v) is 2.00. The number of amides is 2. The van der Waals surface area contributed by atoms with Crippen LogP contribution in [0.25, 0.3) is 0 Å². The van der Waals surface area contributed by atoms with Gasteiger partial charge < -0.3 is 14.3 Å². The van der Waals surface area contributed by atoms with Crippen molar-refractivity contribution >= 4 is 39.5 Å². The Bertz CT molecular complexity index is 425. The van der Waals surface area contributed by atoms with E-state index in [1.807, 2.05) is 0 Å². The number of hydrogen-bond donors (Lipinski definition) is 0. The predicted octanol–water partition coefficient (Wildman–Crippen LogP) is 0.761. The van der Waals surface area contributed by atoms with Gasteiger partial charge >= 0.3 is 5.97 Å². The van der Waals surface area contributed by atoms with Crippen molar-refractivity contribution in [2.45, 2.75) is 32.1 Å². The number of carbonyl (C=O) groups is 4. The Morgan fingerprint density at radius 3 is 2.17 bits per heavy atom. The number of carbonyl (C=O) groups excluding carboxylic acids is 4. The van der Waals surface area contributed by atoms with Crippen LogP contribution < -0.4 is 0 Å². The van der Waals surface area contributed by atoms with E-state index in [-0.39, 0.29) is 31.7 Å². The van der Waals surface area contributed by atoms with Crippen molar-refractivity contribution in [3.63, 3.8) is 0 Å². The predicted molar refractivity (Wildman–Crippen MR) is 81.5 cm³/mol. The van der Waals surface area contributed by atoms with E-state index >= 15 is 0 Å². The summed E-state index contributed by atoms with van der Waals surface area (Å²) < 4.78 is 10.4. The van der Waals surface area contributed by atoms with Crippen LogP contribution in [0, 0.1) is 0 Å². The summed E-state index contributed by atoms with van der Waals surface area (Å²) in [7, 11) is 0. The van der Waals surface area contributed by atoms with E-state index in [0.29, 0.717) is 43.1 Å². The molecule has 9 heteroatoms. The van der Waals surface area contributed by atoms with Gasteiger partial charge in [-0.2, -0.15) is 0 Å². The van der Waals surface area contributed by atoms with E-state index in [2.05, 4.69) is 20.8 Å². The minimum Gasteiger partial charge on any atom is -0.379 e. The first-order chi connectivity index (χ1) is 11.0. The van der Waals surface area contributed by atoms with E-state index in [1.54, 1.807) is 0 Å². The summed E-state index contributed by atoms with van der Waals surface area (Å²) in [5.41, 5.74) is 0. The third-order valence-electron chi connectivity index (χ3n) is 2.91. The lowest BCUT2D eigenvalue weighted by Gasteiger charge is -2.12. The Labute approximate surface area is 142 Å². The van der Waals surface area contributed by atoms with Gasteiger partial charge in [0.1, 0.15) is 5.78 Å². The largest absolute Gasteiger partial charge is 0.379 e. The average Bonchev–Trinajstić information content (AvgIpc) is 2.84. The second-order valence-electron chi connectivity index (χ2n) is 4.80. The molecule has 0 aromatic rings. The molecule has 23 heavy (non-hydrogen) atoms. The molecule has 8 nitrogen and oxygen atoms in total. The minimum absolute atomic E-state index is 0.0587. The van der Waals surface area contributed by atoms with Crippen LogP contribution in [0.4, 0.5) is 0 Å². The lowest BCUT2D eigenvalue weighted by Crippen LogP contribution is -2.32. The summed E-state index contributed by atoms with van der Waals surface area (Å²) in [6.45, 7) is 1.26. The number of rotatable bonds is 12. The summed E-state index contributed by atoms with van der Waals surface area (Å²) >= 11 is 3.08. The highest BCUT2D eigenvalue weighted by atomic mass is 79.9. The van der Waals surface area contributed by atoms with Gasteiger partial charge in [-0.1, -0.05) is 15.9 Å². The number of imide groups is 1. The Kier molecular flexibility index (Phi) is 9.65. The van der Waals surface area contributed by atoms with Crippen LogP contribution in [0.15, 0.2) is 0 Å². The molecule has 0 atom stereocenters. The highest BCUT2D eigenvalue weighted by Crippen LogP contribution is 2.12. The second kappa shape index (κ2) is 11.3. The van der Waals surface area contributed by atoms with Crippen molar-refractivity contribution in [3.05, 3.63) is 0 Å². The maximum absolute atomic E-state index is 11.4. The molecule has 0 bridgehead atoms. The van der Waals surface area contributed by atoms with Gasteiger partial charge in [-0.25, -0.2) is 4.79 Å². The highest BCUT2D eigenvalue weighted by molar-refractivity contribution is 9.09. The van der Waals surface area contributed by atoms with E-state index in [0.717, 1.165) is 0 Å². The van der Waals surface area contributed by atoms with Crippen LogP contribution in [-0.4, -0.2) is 60.4 Å². The molecule has 0 unspecified atom stereocenters. The number of ether oxygens (including phenoxy) is 2. The van der Waals surface area contributed by atoms with Crippen LogP contribution in [0.3, 0.4) is 0 Å². The first kappa shape index (κ1) is 19.7.